The van der Waals surface area contributed by atoms with Crippen molar-refractivity contribution in [2.24, 2.45) is 0 Å². The molecular formula is C28H23NS. The first-order valence-electron chi connectivity index (χ1n) is 10.3. The fourth-order valence-electron chi connectivity index (χ4n) is 3.73. The number of benzene rings is 3. The van der Waals surface area contributed by atoms with Gasteiger partial charge in [-0.1, -0.05) is 72.8 Å². The molecule has 0 atom stereocenters. The van der Waals surface area contributed by atoms with E-state index in [1.165, 1.54) is 32.0 Å². The maximum atomic E-state index is 3.50. The van der Waals surface area contributed by atoms with Gasteiger partial charge in [-0.3, -0.25) is 0 Å². The first-order valence-corrected chi connectivity index (χ1v) is 11.2. The van der Waals surface area contributed by atoms with Crippen LogP contribution in [0.2, 0.25) is 0 Å². The molecule has 1 heterocycles. The molecule has 1 aliphatic rings. The maximum absolute atomic E-state index is 3.50. The first-order chi connectivity index (χ1) is 14.8. The molecular weight excluding hydrogens is 382 g/mol. The maximum Gasteiger partial charge on any atom is 0.0384 e. The highest BCUT2D eigenvalue weighted by atomic mass is 32.1. The molecule has 0 fully saturated rings. The second kappa shape index (κ2) is 8.56. The lowest BCUT2D eigenvalue weighted by Crippen LogP contribution is -1.90. The zero-order valence-corrected chi connectivity index (χ0v) is 17.5. The lowest BCUT2D eigenvalue weighted by atomic mass is 10.0. The van der Waals surface area contributed by atoms with Crippen molar-refractivity contribution < 1.29 is 0 Å². The van der Waals surface area contributed by atoms with E-state index in [0.717, 1.165) is 24.2 Å². The summed E-state index contributed by atoms with van der Waals surface area (Å²) < 4.78 is 0. The average Bonchev–Trinajstić information content (AvgIpc) is 3.32. The van der Waals surface area contributed by atoms with Gasteiger partial charge >= 0.3 is 0 Å². The highest BCUT2D eigenvalue weighted by Crippen LogP contribution is 2.35. The van der Waals surface area contributed by atoms with Gasteiger partial charge in [0, 0.05) is 21.1 Å². The van der Waals surface area contributed by atoms with E-state index in [9.17, 15) is 0 Å². The van der Waals surface area contributed by atoms with Crippen molar-refractivity contribution in [1.82, 2.24) is 0 Å². The normalized spacial score (nSPS) is 13.1. The minimum absolute atomic E-state index is 1.10. The SMILES string of the molecule is C1=CCCC(c2ccc(-c3ccc(Nc4ccc(-c5ccccc5)cc4)cc3)s2)=C1. The lowest BCUT2D eigenvalue weighted by molar-refractivity contribution is 1.06. The molecule has 0 saturated carbocycles. The van der Waals surface area contributed by atoms with E-state index in [4.69, 9.17) is 0 Å². The summed E-state index contributed by atoms with van der Waals surface area (Å²) in [5.74, 6) is 0. The van der Waals surface area contributed by atoms with Crippen LogP contribution in [0.4, 0.5) is 11.4 Å². The summed E-state index contributed by atoms with van der Waals surface area (Å²) in [5.41, 5.74) is 7.38. The molecule has 1 aliphatic carbocycles. The Hall–Kier alpha value is -3.36. The van der Waals surface area contributed by atoms with Gasteiger partial charge in [0.25, 0.3) is 0 Å². The van der Waals surface area contributed by atoms with Gasteiger partial charge < -0.3 is 5.32 Å². The summed E-state index contributed by atoms with van der Waals surface area (Å²) in [6.07, 6.45) is 8.94. The molecule has 4 aromatic rings. The van der Waals surface area contributed by atoms with Gasteiger partial charge in [0.1, 0.15) is 0 Å². The zero-order valence-electron chi connectivity index (χ0n) is 16.7. The highest BCUT2D eigenvalue weighted by molar-refractivity contribution is 7.16. The molecule has 146 valence electrons. The number of allylic oxidation sites excluding steroid dienone is 4. The van der Waals surface area contributed by atoms with Crippen LogP contribution in [0.3, 0.4) is 0 Å². The number of hydrogen-bond donors (Lipinski definition) is 1. The Morgan fingerprint density at radius 2 is 1.23 bits per heavy atom. The van der Waals surface area contributed by atoms with Gasteiger partial charge in [-0.15, -0.1) is 11.3 Å². The Kier molecular flexibility index (Phi) is 5.32. The van der Waals surface area contributed by atoms with E-state index in [-0.39, 0.29) is 0 Å². The minimum atomic E-state index is 1.10. The molecule has 1 aromatic heterocycles. The minimum Gasteiger partial charge on any atom is -0.356 e. The van der Waals surface area contributed by atoms with E-state index in [2.05, 4.69) is 108 Å². The van der Waals surface area contributed by atoms with Crippen molar-refractivity contribution >= 4 is 28.3 Å². The lowest BCUT2D eigenvalue weighted by Gasteiger charge is -2.09. The molecule has 1 nitrogen and oxygen atoms in total. The van der Waals surface area contributed by atoms with E-state index in [0.29, 0.717) is 0 Å². The molecule has 1 N–H and O–H groups in total. The van der Waals surface area contributed by atoms with Crippen LogP contribution in [0.5, 0.6) is 0 Å². The van der Waals surface area contributed by atoms with Gasteiger partial charge in [-0.2, -0.15) is 0 Å². The van der Waals surface area contributed by atoms with Crippen molar-refractivity contribution in [3.63, 3.8) is 0 Å². The Balaban J connectivity index is 1.28. The third kappa shape index (κ3) is 4.14. The Morgan fingerprint density at radius 3 is 1.90 bits per heavy atom. The third-order valence-electron chi connectivity index (χ3n) is 5.39. The third-order valence-corrected chi connectivity index (χ3v) is 6.60. The van der Waals surface area contributed by atoms with Crippen LogP contribution in [0.1, 0.15) is 17.7 Å². The average molecular weight is 406 g/mol. The largest absolute Gasteiger partial charge is 0.356 e. The van der Waals surface area contributed by atoms with Crippen LogP contribution >= 0.6 is 11.3 Å². The second-order valence-electron chi connectivity index (χ2n) is 7.47. The van der Waals surface area contributed by atoms with E-state index in [1.54, 1.807) is 0 Å². The summed E-state index contributed by atoms with van der Waals surface area (Å²) in [7, 11) is 0. The van der Waals surface area contributed by atoms with Gasteiger partial charge in [-0.25, -0.2) is 0 Å². The molecule has 5 rings (SSSR count). The van der Waals surface area contributed by atoms with Gasteiger partial charge in [0.2, 0.25) is 0 Å². The molecule has 0 unspecified atom stereocenters. The molecule has 0 aliphatic heterocycles. The summed E-state index contributed by atoms with van der Waals surface area (Å²) in [6, 6.07) is 32.3. The number of thiophene rings is 1. The van der Waals surface area contributed by atoms with Crippen LogP contribution in [-0.4, -0.2) is 0 Å². The van der Waals surface area contributed by atoms with Crippen LogP contribution in [0.15, 0.2) is 109 Å². The van der Waals surface area contributed by atoms with E-state index in [1.807, 2.05) is 17.4 Å². The Labute approximate surface area is 182 Å². The summed E-state index contributed by atoms with van der Waals surface area (Å²) >= 11 is 1.88. The molecule has 2 heteroatoms. The van der Waals surface area contributed by atoms with Crippen molar-refractivity contribution in [3.05, 3.63) is 114 Å². The molecule has 30 heavy (non-hydrogen) atoms. The molecule has 0 saturated heterocycles. The predicted molar refractivity (Wildman–Crippen MR) is 131 cm³/mol. The van der Waals surface area contributed by atoms with Crippen LogP contribution in [-0.2, 0) is 0 Å². The molecule has 0 bridgehead atoms. The second-order valence-corrected chi connectivity index (χ2v) is 8.55. The summed E-state index contributed by atoms with van der Waals surface area (Å²) in [6.45, 7) is 0. The summed E-state index contributed by atoms with van der Waals surface area (Å²) in [5, 5.41) is 3.50. The smallest absolute Gasteiger partial charge is 0.0384 e. The number of nitrogens with one attached hydrogen (secondary N) is 1. The van der Waals surface area contributed by atoms with Crippen molar-refractivity contribution in [2.75, 3.05) is 5.32 Å². The number of rotatable bonds is 5. The van der Waals surface area contributed by atoms with Crippen LogP contribution < -0.4 is 5.32 Å². The Bertz CT molecular complexity index is 1180. The topological polar surface area (TPSA) is 12.0 Å². The van der Waals surface area contributed by atoms with Gasteiger partial charge in [0.05, 0.1) is 0 Å². The van der Waals surface area contributed by atoms with Gasteiger partial charge in [0.15, 0.2) is 0 Å². The molecule has 0 spiro atoms. The highest BCUT2D eigenvalue weighted by Gasteiger charge is 2.08. The van der Waals surface area contributed by atoms with E-state index < -0.39 is 0 Å². The zero-order chi connectivity index (χ0) is 20.2. The van der Waals surface area contributed by atoms with Crippen LogP contribution in [0.25, 0.3) is 27.1 Å². The first kappa shape index (κ1) is 18.7. The number of anilines is 2. The molecule has 0 radical (unpaired) electrons. The molecule has 3 aromatic carbocycles. The van der Waals surface area contributed by atoms with Crippen molar-refractivity contribution in [1.29, 1.82) is 0 Å². The predicted octanol–water partition coefficient (Wildman–Crippen LogP) is 8.56. The van der Waals surface area contributed by atoms with Crippen LogP contribution in [0, 0.1) is 0 Å². The Morgan fingerprint density at radius 1 is 0.600 bits per heavy atom. The van der Waals surface area contributed by atoms with Crippen molar-refractivity contribution in [3.8, 4) is 21.6 Å². The van der Waals surface area contributed by atoms with Crippen molar-refractivity contribution in [2.45, 2.75) is 12.8 Å². The van der Waals surface area contributed by atoms with E-state index >= 15 is 0 Å². The number of hydrogen-bond acceptors (Lipinski definition) is 2. The summed E-state index contributed by atoms with van der Waals surface area (Å²) in [4.78, 5) is 2.70. The monoisotopic (exact) mass is 405 g/mol. The quantitative estimate of drug-likeness (QED) is 0.351. The van der Waals surface area contributed by atoms with Gasteiger partial charge in [-0.05, 0) is 71.5 Å². The fraction of sp³-hybridized carbons (Fsp3) is 0.0714. The standard InChI is InChI=1S/C28H23NS/c1-3-7-21(8-4-1)22-11-15-25(16-12-22)29-26-17-13-24(14-18-26)28-20-19-27(30-28)23-9-5-2-6-10-23/h1-5,7-9,11-20,29H,6,10H2. The molecule has 0 amide bonds. The fourth-order valence-corrected chi connectivity index (χ4v) is 4.80.